The molecule has 3 N–H and O–H groups in total. The second-order valence-electron chi connectivity index (χ2n) is 6.38. The van der Waals surface area contributed by atoms with E-state index in [1.807, 2.05) is 26.0 Å². The SMILES string of the molecule is COc1cc(Br)cc(CNCCc2ccc(S(N)(=O)=O)cc2)c1OC(C)C. The summed E-state index contributed by atoms with van der Waals surface area (Å²) >= 11 is 3.50. The average Bonchev–Trinajstić information content (AvgIpc) is 2.59. The molecule has 0 saturated heterocycles. The Balaban J connectivity index is 1.99. The fourth-order valence-electron chi connectivity index (χ4n) is 2.58. The molecule has 148 valence electrons. The van der Waals surface area contributed by atoms with Crippen molar-refractivity contribution >= 4 is 26.0 Å². The summed E-state index contributed by atoms with van der Waals surface area (Å²) in [6, 6.07) is 10.5. The Labute approximate surface area is 169 Å². The lowest BCUT2D eigenvalue weighted by molar-refractivity contribution is 0.227. The molecule has 6 nitrogen and oxygen atoms in total. The minimum absolute atomic E-state index is 0.0381. The number of rotatable bonds is 9. The maximum absolute atomic E-state index is 11.3. The Morgan fingerprint density at radius 2 is 1.85 bits per heavy atom. The minimum Gasteiger partial charge on any atom is -0.493 e. The van der Waals surface area contributed by atoms with Crippen LogP contribution in [0.3, 0.4) is 0 Å². The summed E-state index contributed by atoms with van der Waals surface area (Å²) < 4.78 is 34.9. The van der Waals surface area contributed by atoms with Gasteiger partial charge in [-0.2, -0.15) is 0 Å². The van der Waals surface area contributed by atoms with Crippen molar-refractivity contribution in [3.05, 3.63) is 52.0 Å². The molecule has 0 aliphatic rings. The summed E-state index contributed by atoms with van der Waals surface area (Å²) in [4.78, 5) is 0.121. The number of hydrogen-bond acceptors (Lipinski definition) is 5. The highest BCUT2D eigenvalue weighted by molar-refractivity contribution is 9.10. The van der Waals surface area contributed by atoms with Crippen LogP contribution in [0, 0.1) is 0 Å². The number of ether oxygens (including phenoxy) is 2. The first-order valence-electron chi connectivity index (χ1n) is 8.56. The normalized spacial score (nSPS) is 11.6. The Kier molecular flexibility index (Phi) is 7.67. The number of benzene rings is 2. The third kappa shape index (κ3) is 6.49. The van der Waals surface area contributed by atoms with Crippen molar-refractivity contribution in [1.29, 1.82) is 0 Å². The quantitative estimate of drug-likeness (QED) is 0.565. The molecule has 2 aromatic rings. The predicted octanol–water partition coefficient (Wildman–Crippen LogP) is 3.22. The first-order valence-corrected chi connectivity index (χ1v) is 10.9. The second kappa shape index (κ2) is 9.54. The maximum atomic E-state index is 11.3. The lowest BCUT2D eigenvalue weighted by atomic mass is 10.1. The molecule has 0 bridgehead atoms. The van der Waals surface area contributed by atoms with E-state index in [1.165, 1.54) is 12.1 Å². The Bertz CT molecular complexity index is 868. The van der Waals surface area contributed by atoms with E-state index < -0.39 is 10.0 Å². The van der Waals surface area contributed by atoms with Crippen molar-refractivity contribution in [3.63, 3.8) is 0 Å². The van der Waals surface area contributed by atoms with E-state index in [1.54, 1.807) is 19.2 Å². The molecular formula is C19H25BrN2O4S. The fourth-order valence-corrected chi connectivity index (χ4v) is 3.58. The molecule has 0 atom stereocenters. The smallest absolute Gasteiger partial charge is 0.238 e. The lowest BCUT2D eigenvalue weighted by Gasteiger charge is -2.18. The van der Waals surface area contributed by atoms with Gasteiger partial charge in [-0.25, -0.2) is 13.6 Å². The summed E-state index contributed by atoms with van der Waals surface area (Å²) in [6.07, 6.45) is 0.798. The molecule has 8 heteroatoms. The van der Waals surface area contributed by atoms with Crippen molar-refractivity contribution in [2.24, 2.45) is 5.14 Å². The van der Waals surface area contributed by atoms with Gasteiger partial charge in [-0.15, -0.1) is 0 Å². The molecule has 0 unspecified atom stereocenters. The van der Waals surface area contributed by atoms with Gasteiger partial charge in [-0.05, 0) is 56.6 Å². The Morgan fingerprint density at radius 3 is 2.41 bits per heavy atom. The third-order valence-corrected chi connectivity index (χ3v) is 5.21. The molecule has 0 radical (unpaired) electrons. The van der Waals surface area contributed by atoms with Crippen LogP contribution in [0.4, 0.5) is 0 Å². The predicted molar refractivity (Wildman–Crippen MR) is 110 cm³/mol. The number of nitrogens with one attached hydrogen (secondary N) is 1. The summed E-state index contributed by atoms with van der Waals surface area (Å²) in [7, 11) is -2.03. The first-order chi connectivity index (χ1) is 12.7. The van der Waals surface area contributed by atoms with E-state index in [4.69, 9.17) is 14.6 Å². The monoisotopic (exact) mass is 456 g/mol. The molecular weight excluding hydrogens is 432 g/mol. The van der Waals surface area contributed by atoms with Crippen LogP contribution in [0.15, 0.2) is 45.8 Å². The molecule has 0 amide bonds. The van der Waals surface area contributed by atoms with E-state index in [2.05, 4.69) is 21.2 Å². The summed E-state index contributed by atoms with van der Waals surface area (Å²) in [5, 5.41) is 8.50. The van der Waals surface area contributed by atoms with Crippen molar-refractivity contribution in [1.82, 2.24) is 5.32 Å². The highest BCUT2D eigenvalue weighted by atomic mass is 79.9. The van der Waals surface area contributed by atoms with Crippen LogP contribution in [0.5, 0.6) is 11.5 Å². The van der Waals surface area contributed by atoms with Gasteiger partial charge in [0.05, 0.1) is 18.1 Å². The molecule has 0 heterocycles. The van der Waals surface area contributed by atoms with Crippen LogP contribution in [0.25, 0.3) is 0 Å². The second-order valence-corrected chi connectivity index (χ2v) is 8.86. The molecule has 0 spiro atoms. The van der Waals surface area contributed by atoms with Crippen LogP contribution in [-0.2, 0) is 23.0 Å². The molecule has 27 heavy (non-hydrogen) atoms. The van der Waals surface area contributed by atoms with E-state index >= 15 is 0 Å². The van der Waals surface area contributed by atoms with Gasteiger partial charge in [0.1, 0.15) is 0 Å². The van der Waals surface area contributed by atoms with Crippen LogP contribution in [-0.4, -0.2) is 28.2 Å². The van der Waals surface area contributed by atoms with Gasteiger partial charge in [0.25, 0.3) is 0 Å². The zero-order chi connectivity index (χ0) is 20.0. The van der Waals surface area contributed by atoms with Crippen LogP contribution < -0.4 is 19.9 Å². The van der Waals surface area contributed by atoms with Crippen LogP contribution >= 0.6 is 15.9 Å². The standard InChI is InChI=1S/C19H25BrN2O4S/c1-13(2)26-19-15(10-16(20)11-18(19)25-3)12-22-9-8-14-4-6-17(7-5-14)27(21,23)24/h4-7,10-11,13,22H,8-9,12H2,1-3H3,(H2,21,23,24). The first kappa shape index (κ1) is 21.7. The van der Waals surface area contributed by atoms with Gasteiger partial charge < -0.3 is 14.8 Å². The van der Waals surface area contributed by atoms with Gasteiger partial charge in [-0.3, -0.25) is 0 Å². The Morgan fingerprint density at radius 1 is 1.19 bits per heavy atom. The molecule has 0 saturated carbocycles. The van der Waals surface area contributed by atoms with Gasteiger partial charge in [-0.1, -0.05) is 28.1 Å². The van der Waals surface area contributed by atoms with Crippen LogP contribution in [0.2, 0.25) is 0 Å². The van der Waals surface area contributed by atoms with E-state index in [0.29, 0.717) is 12.3 Å². The zero-order valence-corrected chi connectivity index (χ0v) is 18.1. The Hall–Kier alpha value is -1.61. The maximum Gasteiger partial charge on any atom is 0.238 e. The van der Waals surface area contributed by atoms with Gasteiger partial charge in [0, 0.05) is 16.6 Å². The lowest BCUT2D eigenvalue weighted by Crippen LogP contribution is -2.18. The summed E-state index contributed by atoms with van der Waals surface area (Å²) in [5.41, 5.74) is 2.03. The van der Waals surface area contributed by atoms with Crippen molar-refractivity contribution in [2.45, 2.75) is 37.8 Å². The van der Waals surface area contributed by atoms with Crippen molar-refractivity contribution in [3.8, 4) is 11.5 Å². The molecule has 2 rings (SSSR count). The van der Waals surface area contributed by atoms with Gasteiger partial charge in [0.2, 0.25) is 10.0 Å². The topological polar surface area (TPSA) is 90.6 Å². The number of methoxy groups -OCH3 is 1. The van der Waals surface area contributed by atoms with Gasteiger partial charge in [0.15, 0.2) is 11.5 Å². The van der Waals surface area contributed by atoms with E-state index in [-0.39, 0.29) is 11.0 Å². The molecule has 0 aliphatic carbocycles. The molecule has 0 aliphatic heterocycles. The van der Waals surface area contributed by atoms with Gasteiger partial charge >= 0.3 is 0 Å². The molecule has 0 aromatic heterocycles. The number of halogens is 1. The van der Waals surface area contributed by atoms with E-state index in [0.717, 1.165) is 34.3 Å². The van der Waals surface area contributed by atoms with E-state index in [9.17, 15) is 8.42 Å². The highest BCUT2D eigenvalue weighted by Gasteiger charge is 2.14. The highest BCUT2D eigenvalue weighted by Crippen LogP contribution is 2.35. The average molecular weight is 457 g/mol. The number of hydrogen-bond donors (Lipinski definition) is 2. The fraction of sp³-hybridized carbons (Fsp3) is 0.368. The number of sulfonamides is 1. The molecule has 0 fully saturated rings. The van der Waals surface area contributed by atoms with Crippen LogP contribution in [0.1, 0.15) is 25.0 Å². The minimum atomic E-state index is -3.65. The third-order valence-electron chi connectivity index (χ3n) is 3.83. The summed E-state index contributed by atoms with van der Waals surface area (Å²) in [6.45, 7) is 5.30. The van der Waals surface area contributed by atoms with Crippen molar-refractivity contribution < 1.29 is 17.9 Å². The largest absolute Gasteiger partial charge is 0.493 e. The number of nitrogens with two attached hydrogens (primary N) is 1. The number of primary sulfonamides is 1. The summed E-state index contributed by atoms with van der Waals surface area (Å²) in [5.74, 6) is 1.43. The van der Waals surface area contributed by atoms with Crippen molar-refractivity contribution in [2.75, 3.05) is 13.7 Å². The molecule has 2 aromatic carbocycles. The zero-order valence-electron chi connectivity index (χ0n) is 15.7.